The zero-order valence-corrected chi connectivity index (χ0v) is 23.7. The molecule has 2 fully saturated rings. The van der Waals surface area contributed by atoms with E-state index in [1.165, 1.54) is 19.9 Å². The first-order chi connectivity index (χ1) is 18.1. The maximum Gasteiger partial charge on any atom is 0.417 e. The van der Waals surface area contributed by atoms with Gasteiger partial charge in [0, 0.05) is 32.7 Å². The summed E-state index contributed by atoms with van der Waals surface area (Å²) in [6.07, 6.45) is -1.13. The van der Waals surface area contributed by atoms with E-state index in [1.807, 2.05) is 0 Å². The van der Waals surface area contributed by atoms with Gasteiger partial charge in [0.15, 0.2) is 5.11 Å². The number of piperazine rings is 1. The van der Waals surface area contributed by atoms with Gasteiger partial charge < -0.3 is 14.9 Å². The molecule has 2 aliphatic heterocycles. The number of anilines is 1. The number of hydrogen-bond acceptors (Lipinski definition) is 6. The number of alkyl halides is 3. The third kappa shape index (κ3) is 6.88. The third-order valence-electron chi connectivity index (χ3n) is 7.30. The minimum absolute atomic E-state index is 0.00347. The van der Waals surface area contributed by atoms with Crippen LogP contribution in [-0.4, -0.2) is 87.1 Å². The molecule has 1 aromatic rings. The monoisotopic (exact) mass is 567 g/mol. The quantitative estimate of drug-likeness (QED) is 0.359. The van der Waals surface area contributed by atoms with Gasteiger partial charge in [0.05, 0.1) is 22.9 Å². The molecule has 2 heterocycles. The van der Waals surface area contributed by atoms with Gasteiger partial charge in [-0.15, -0.1) is 0 Å². The second-order valence-electron chi connectivity index (χ2n) is 11.1. The van der Waals surface area contributed by atoms with Crippen molar-refractivity contribution in [2.45, 2.75) is 70.7 Å². The molecule has 0 aromatic heterocycles. The molecule has 214 valence electrons. The zero-order valence-electron chi connectivity index (χ0n) is 22.8. The van der Waals surface area contributed by atoms with Crippen LogP contribution in [-0.2, 0) is 15.8 Å². The molecule has 2 aliphatic rings. The summed E-state index contributed by atoms with van der Waals surface area (Å²) >= 11 is 5.54. The van der Waals surface area contributed by atoms with Crippen LogP contribution in [0, 0.1) is 11.3 Å². The van der Waals surface area contributed by atoms with Gasteiger partial charge in [-0.2, -0.15) is 18.4 Å². The first-order valence-electron chi connectivity index (χ1n) is 13.1. The molecule has 3 rings (SSSR count). The van der Waals surface area contributed by atoms with Crippen LogP contribution in [0.2, 0.25) is 0 Å². The van der Waals surface area contributed by atoms with E-state index < -0.39 is 34.4 Å². The normalized spacial score (nSPS) is 18.6. The number of carbonyl (C=O) groups excluding carboxylic acids is 2. The minimum atomic E-state index is -4.73. The molecule has 39 heavy (non-hydrogen) atoms. The average Bonchev–Trinajstić information content (AvgIpc) is 3.03. The highest BCUT2D eigenvalue weighted by atomic mass is 32.1. The van der Waals surface area contributed by atoms with Crippen molar-refractivity contribution in [1.82, 2.24) is 14.7 Å². The molecular weight excluding hydrogens is 531 g/mol. The van der Waals surface area contributed by atoms with Crippen molar-refractivity contribution in [2.24, 2.45) is 0 Å². The summed E-state index contributed by atoms with van der Waals surface area (Å²) in [7, 11) is 0. The second kappa shape index (κ2) is 11.8. The predicted octanol–water partition coefficient (Wildman–Crippen LogP) is 3.76. The Morgan fingerprint density at radius 1 is 1.08 bits per heavy atom. The second-order valence-corrected chi connectivity index (χ2v) is 11.4. The maximum atomic E-state index is 13.5. The van der Waals surface area contributed by atoms with Crippen LogP contribution < -0.4 is 4.90 Å². The van der Waals surface area contributed by atoms with E-state index in [0.29, 0.717) is 19.6 Å². The Bertz CT molecular complexity index is 1130. The van der Waals surface area contributed by atoms with Crippen molar-refractivity contribution in [3.05, 3.63) is 29.3 Å². The summed E-state index contributed by atoms with van der Waals surface area (Å²) < 4.78 is 40.4. The molecule has 0 atom stereocenters. The molecular formula is C27H36F3N5O3S. The van der Waals surface area contributed by atoms with E-state index in [9.17, 15) is 27.9 Å². The van der Waals surface area contributed by atoms with E-state index in [2.05, 4.69) is 4.90 Å². The smallest absolute Gasteiger partial charge is 0.381 e. The number of hydrogen-bond donors (Lipinski definition) is 1. The first-order valence-corrected chi connectivity index (χ1v) is 13.5. The number of rotatable bonds is 9. The van der Waals surface area contributed by atoms with E-state index in [-0.39, 0.29) is 16.7 Å². The van der Waals surface area contributed by atoms with Crippen LogP contribution in [0.15, 0.2) is 18.2 Å². The van der Waals surface area contributed by atoms with Gasteiger partial charge in [-0.3, -0.25) is 19.4 Å². The van der Waals surface area contributed by atoms with Crippen LogP contribution in [0.3, 0.4) is 0 Å². The van der Waals surface area contributed by atoms with Gasteiger partial charge in [-0.05, 0) is 77.5 Å². The lowest BCUT2D eigenvalue weighted by Crippen LogP contribution is -2.54. The van der Waals surface area contributed by atoms with Gasteiger partial charge in [0.2, 0.25) is 0 Å². The van der Waals surface area contributed by atoms with Crippen molar-refractivity contribution >= 4 is 34.8 Å². The highest BCUT2D eigenvalue weighted by molar-refractivity contribution is 7.80. The lowest BCUT2D eigenvalue weighted by molar-refractivity contribution is -0.149. The molecule has 0 spiro atoms. The van der Waals surface area contributed by atoms with Crippen molar-refractivity contribution in [1.29, 1.82) is 5.26 Å². The number of thiocarbonyl (C=S) groups is 1. The van der Waals surface area contributed by atoms with E-state index in [1.54, 1.807) is 29.7 Å². The Hall–Kier alpha value is -2.75. The number of amides is 2. The molecule has 1 N–H and O–H groups in total. The minimum Gasteiger partial charge on any atom is -0.381 e. The number of aliphatic hydroxyl groups is 1. The van der Waals surface area contributed by atoms with Crippen LogP contribution in [0.25, 0.3) is 0 Å². The largest absolute Gasteiger partial charge is 0.417 e. The number of nitrogens with zero attached hydrogens (tertiary/aromatic N) is 5. The molecule has 0 saturated carbocycles. The Morgan fingerprint density at radius 2 is 1.67 bits per heavy atom. The average molecular weight is 568 g/mol. The zero-order chi connectivity index (χ0) is 29.2. The molecule has 0 radical (unpaired) electrons. The van der Waals surface area contributed by atoms with Crippen molar-refractivity contribution in [3.8, 4) is 6.07 Å². The van der Waals surface area contributed by atoms with Gasteiger partial charge in [-0.1, -0.05) is 12.8 Å². The summed E-state index contributed by atoms with van der Waals surface area (Å²) in [6, 6.07) is 4.74. The molecule has 0 bridgehead atoms. The SMILES string of the molecule is CC(C)(O)C(=O)N1CCN(CCCCCCN2C(=S)N(c3ccc(C#N)c(C(F)(F)F)c3)C(=O)C2(C)C)CC1. The maximum absolute atomic E-state index is 13.5. The molecule has 2 saturated heterocycles. The highest BCUT2D eigenvalue weighted by Gasteiger charge is 2.49. The fraction of sp³-hybridized carbons (Fsp3) is 0.630. The molecule has 0 aliphatic carbocycles. The fourth-order valence-electron chi connectivity index (χ4n) is 4.96. The van der Waals surface area contributed by atoms with Crippen LogP contribution in [0.5, 0.6) is 0 Å². The number of carbonyl (C=O) groups is 2. The Balaban J connectivity index is 1.50. The highest BCUT2D eigenvalue weighted by Crippen LogP contribution is 2.38. The molecule has 12 heteroatoms. The lowest BCUT2D eigenvalue weighted by atomic mass is 10.0. The van der Waals surface area contributed by atoms with Crippen molar-refractivity contribution < 1.29 is 27.9 Å². The summed E-state index contributed by atoms with van der Waals surface area (Å²) in [5.74, 6) is -0.658. The molecule has 2 amide bonds. The van der Waals surface area contributed by atoms with Crippen molar-refractivity contribution in [3.63, 3.8) is 0 Å². The summed E-state index contributed by atoms with van der Waals surface area (Å²) in [5.41, 5.74) is -3.98. The number of nitriles is 1. The number of benzene rings is 1. The van der Waals surface area contributed by atoms with Crippen molar-refractivity contribution in [2.75, 3.05) is 44.2 Å². The Labute approximate surface area is 232 Å². The molecule has 0 unspecified atom stereocenters. The predicted molar refractivity (Wildman–Crippen MR) is 145 cm³/mol. The topological polar surface area (TPSA) is 91.1 Å². The van der Waals surface area contributed by atoms with Gasteiger partial charge >= 0.3 is 6.18 Å². The Morgan fingerprint density at radius 3 is 2.21 bits per heavy atom. The summed E-state index contributed by atoms with van der Waals surface area (Å²) in [5, 5.41) is 19.1. The van der Waals surface area contributed by atoms with Gasteiger partial charge in [0.1, 0.15) is 11.1 Å². The van der Waals surface area contributed by atoms with E-state index >= 15 is 0 Å². The fourth-order valence-corrected chi connectivity index (χ4v) is 5.47. The van der Waals surface area contributed by atoms with E-state index in [4.69, 9.17) is 17.5 Å². The van der Waals surface area contributed by atoms with E-state index in [0.717, 1.165) is 62.4 Å². The lowest BCUT2D eigenvalue weighted by Gasteiger charge is -2.37. The molecule has 1 aromatic carbocycles. The van der Waals surface area contributed by atoms with Crippen LogP contribution in [0.4, 0.5) is 18.9 Å². The van der Waals surface area contributed by atoms with Gasteiger partial charge in [-0.25, -0.2) is 0 Å². The third-order valence-corrected chi connectivity index (χ3v) is 7.70. The molecule has 8 nitrogen and oxygen atoms in total. The first kappa shape index (κ1) is 30.8. The summed E-state index contributed by atoms with van der Waals surface area (Å²) in [4.78, 5) is 32.3. The Kier molecular flexibility index (Phi) is 9.30. The standard InChI is InChI=1S/C27H36F3N5O3S/c1-25(2)22(36)35(20-10-9-19(18-31)21(17-20)27(28,29)30)24(39)34(25)12-8-6-5-7-11-32-13-15-33(16-14-32)23(37)26(3,4)38/h9-10,17,38H,5-8,11-16H2,1-4H3. The van der Waals surface area contributed by atoms with Gasteiger partial charge in [0.25, 0.3) is 11.8 Å². The number of halogens is 3. The number of unbranched alkanes of at least 4 members (excludes halogenated alkanes) is 3. The van der Waals surface area contributed by atoms with Crippen LogP contribution in [0.1, 0.15) is 64.5 Å². The summed E-state index contributed by atoms with van der Waals surface area (Å²) in [6.45, 7) is 10.5. The van der Waals surface area contributed by atoms with Crippen LogP contribution >= 0.6 is 12.2 Å².